The molecule has 1 saturated heterocycles. The van der Waals surface area contributed by atoms with E-state index >= 15 is 0 Å². The average molecular weight is 377 g/mol. The van der Waals surface area contributed by atoms with E-state index in [1.165, 1.54) is 12.1 Å². The van der Waals surface area contributed by atoms with Gasteiger partial charge in [0, 0.05) is 49.6 Å². The molecule has 142 valence electrons. The molecular formula is C19H18F3N3O2. The third kappa shape index (κ3) is 4.28. The molecule has 0 aromatic heterocycles. The van der Waals surface area contributed by atoms with Crippen molar-refractivity contribution in [3.05, 3.63) is 65.0 Å². The molecule has 27 heavy (non-hydrogen) atoms. The number of rotatable bonds is 3. The number of anilines is 1. The SMILES string of the molecule is CN1CCN(C(=O)c2cccc(NC(=O)c3c(F)cc(F)cc3F)c2)CC1. The summed E-state index contributed by atoms with van der Waals surface area (Å²) < 4.78 is 40.5. The molecule has 2 aromatic rings. The smallest absolute Gasteiger partial charge is 0.261 e. The first-order valence-electron chi connectivity index (χ1n) is 8.39. The van der Waals surface area contributed by atoms with Crippen molar-refractivity contribution in [1.29, 1.82) is 0 Å². The first kappa shape index (κ1) is 18.9. The highest BCUT2D eigenvalue weighted by Gasteiger charge is 2.22. The van der Waals surface area contributed by atoms with Gasteiger partial charge in [0.05, 0.1) is 0 Å². The summed E-state index contributed by atoms with van der Waals surface area (Å²) in [6, 6.07) is 6.98. The van der Waals surface area contributed by atoms with Crippen LogP contribution in [0, 0.1) is 17.5 Å². The maximum atomic E-state index is 13.7. The lowest BCUT2D eigenvalue weighted by Crippen LogP contribution is -2.47. The van der Waals surface area contributed by atoms with E-state index in [-0.39, 0.29) is 11.6 Å². The Morgan fingerprint density at radius 2 is 1.59 bits per heavy atom. The van der Waals surface area contributed by atoms with E-state index in [9.17, 15) is 22.8 Å². The van der Waals surface area contributed by atoms with Crippen molar-refractivity contribution < 1.29 is 22.8 Å². The molecule has 0 bridgehead atoms. The van der Waals surface area contributed by atoms with Gasteiger partial charge in [0.1, 0.15) is 23.0 Å². The number of benzene rings is 2. The van der Waals surface area contributed by atoms with Crippen LogP contribution >= 0.6 is 0 Å². The third-order valence-corrected chi connectivity index (χ3v) is 4.39. The largest absolute Gasteiger partial charge is 0.336 e. The normalized spacial score (nSPS) is 14.9. The van der Waals surface area contributed by atoms with E-state index in [2.05, 4.69) is 10.2 Å². The number of likely N-dealkylation sites (N-methyl/N-ethyl adjacent to an activating group) is 1. The zero-order valence-corrected chi connectivity index (χ0v) is 14.6. The van der Waals surface area contributed by atoms with E-state index in [1.54, 1.807) is 17.0 Å². The van der Waals surface area contributed by atoms with Gasteiger partial charge in [-0.25, -0.2) is 13.2 Å². The van der Waals surface area contributed by atoms with Gasteiger partial charge in [0.15, 0.2) is 0 Å². The summed E-state index contributed by atoms with van der Waals surface area (Å²) in [5.41, 5.74) is -0.312. The molecule has 2 aromatic carbocycles. The fourth-order valence-electron chi connectivity index (χ4n) is 2.87. The number of carbonyl (C=O) groups excluding carboxylic acids is 2. The lowest BCUT2D eigenvalue weighted by atomic mass is 10.1. The Kier molecular flexibility index (Phi) is 5.46. The van der Waals surface area contributed by atoms with Gasteiger partial charge in [-0.3, -0.25) is 9.59 Å². The predicted octanol–water partition coefficient (Wildman–Crippen LogP) is 2.74. The topological polar surface area (TPSA) is 52.6 Å². The summed E-state index contributed by atoms with van der Waals surface area (Å²) >= 11 is 0. The summed E-state index contributed by atoms with van der Waals surface area (Å²) in [6.07, 6.45) is 0. The molecule has 2 amide bonds. The molecule has 3 rings (SSSR count). The Labute approximate surface area is 154 Å². The molecular weight excluding hydrogens is 359 g/mol. The lowest BCUT2D eigenvalue weighted by molar-refractivity contribution is 0.0664. The maximum Gasteiger partial charge on any atom is 0.261 e. The van der Waals surface area contributed by atoms with Crippen LogP contribution in [0.25, 0.3) is 0 Å². The Balaban J connectivity index is 1.76. The zero-order chi connectivity index (χ0) is 19.6. The van der Waals surface area contributed by atoms with Gasteiger partial charge in [0.25, 0.3) is 11.8 Å². The summed E-state index contributed by atoms with van der Waals surface area (Å²) in [4.78, 5) is 28.6. The minimum Gasteiger partial charge on any atom is -0.336 e. The van der Waals surface area contributed by atoms with Crippen molar-refractivity contribution in [2.45, 2.75) is 0 Å². The molecule has 0 saturated carbocycles. The van der Waals surface area contributed by atoms with Gasteiger partial charge in [-0.2, -0.15) is 0 Å². The molecule has 0 radical (unpaired) electrons. The number of amides is 2. The van der Waals surface area contributed by atoms with Crippen molar-refractivity contribution in [1.82, 2.24) is 9.80 Å². The third-order valence-electron chi connectivity index (χ3n) is 4.39. The number of hydrogen-bond donors (Lipinski definition) is 1. The molecule has 1 aliphatic rings. The Bertz CT molecular complexity index is 857. The molecule has 0 aliphatic carbocycles. The fourth-order valence-corrected chi connectivity index (χ4v) is 2.87. The highest BCUT2D eigenvalue weighted by Crippen LogP contribution is 2.19. The first-order chi connectivity index (χ1) is 12.8. The standard InChI is InChI=1S/C19H18F3N3O2/c1-24-5-7-25(8-6-24)19(27)12-3-2-4-14(9-12)23-18(26)17-15(21)10-13(20)11-16(17)22/h2-4,9-11H,5-8H2,1H3,(H,23,26). The minimum atomic E-state index is -1.30. The first-order valence-corrected chi connectivity index (χ1v) is 8.39. The van der Waals surface area contributed by atoms with Gasteiger partial charge in [-0.1, -0.05) is 6.07 Å². The maximum absolute atomic E-state index is 13.7. The molecule has 8 heteroatoms. The van der Waals surface area contributed by atoms with Crippen molar-refractivity contribution in [2.24, 2.45) is 0 Å². The van der Waals surface area contributed by atoms with Crippen LogP contribution in [0.1, 0.15) is 20.7 Å². The highest BCUT2D eigenvalue weighted by atomic mass is 19.1. The van der Waals surface area contributed by atoms with E-state index in [0.717, 1.165) is 13.1 Å². The summed E-state index contributed by atoms with van der Waals surface area (Å²) in [6.45, 7) is 2.73. The van der Waals surface area contributed by atoms with Crippen LogP contribution in [-0.2, 0) is 0 Å². The average Bonchev–Trinajstić information content (AvgIpc) is 2.61. The van der Waals surface area contributed by atoms with Crippen LogP contribution in [0.15, 0.2) is 36.4 Å². The van der Waals surface area contributed by atoms with E-state index < -0.39 is 28.9 Å². The van der Waals surface area contributed by atoms with Gasteiger partial charge < -0.3 is 15.1 Å². The number of piperazine rings is 1. The van der Waals surface area contributed by atoms with Crippen molar-refractivity contribution in [3.8, 4) is 0 Å². The van der Waals surface area contributed by atoms with Gasteiger partial charge in [-0.15, -0.1) is 0 Å². The Hall–Kier alpha value is -2.87. The van der Waals surface area contributed by atoms with E-state index in [0.29, 0.717) is 30.8 Å². The van der Waals surface area contributed by atoms with Crippen molar-refractivity contribution in [3.63, 3.8) is 0 Å². The second kappa shape index (κ2) is 7.79. The summed E-state index contributed by atoms with van der Waals surface area (Å²) in [7, 11) is 1.98. The molecule has 0 unspecified atom stereocenters. The number of carbonyl (C=O) groups is 2. The number of hydrogen-bond acceptors (Lipinski definition) is 3. The fraction of sp³-hybridized carbons (Fsp3) is 0.263. The van der Waals surface area contributed by atoms with Gasteiger partial charge in [-0.05, 0) is 25.2 Å². The van der Waals surface area contributed by atoms with Crippen molar-refractivity contribution >= 4 is 17.5 Å². The van der Waals surface area contributed by atoms with E-state index in [1.807, 2.05) is 7.05 Å². The summed E-state index contributed by atoms with van der Waals surface area (Å²) in [5, 5.41) is 2.34. The molecule has 1 aliphatic heterocycles. The molecule has 1 fully saturated rings. The second-order valence-corrected chi connectivity index (χ2v) is 6.37. The van der Waals surface area contributed by atoms with Crippen LogP contribution in [0.5, 0.6) is 0 Å². The molecule has 1 N–H and O–H groups in total. The highest BCUT2D eigenvalue weighted by molar-refractivity contribution is 6.05. The van der Waals surface area contributed by atoms with Gasteiger partial charge >= 0.3 is 0 Å². The predicted molar refractivity (Wildman–Crippen MR) is 94.1 cm³/mol. The Morgan fingerprint density at radius 3 is 2.22 bits per heavy atom. The molecule has 1 heterocycles. The molecule has 0 atom stereocenters. The molecule has 0 spiro atoms. The zero-order valence-electron chi connectivity index (χ0n) is 14.6. The second-order valence-electron chi connectivity index (χ2n) is 6.37. The number of nitrogens with zero attached hydrogens (tertiary/aromatic N) is 2. The van der Waals surface area contributed by atoms with Crippen molar-refractivity contribution in [2.75, 3.05) is 38.5 Å². The van der Waals surface area contributed by atoms with Crippen LogP contribution in [0.3, 0.4) is 0 Å². The number of nitrogens with one attached hydrogen (secondary N) is 1. The minimum absolute atomic E-state index is 0.182. The summed E-state index contributed by atoms with van der Waals surface area (Å²) in [5.74, 6) is -4.95. The lowest BCUT2D eigenvalue weighted by Gasteiger charge is -2.32. The van der Waals surface area contributed by atoms with Gasteiger partial charge in [0.2, 0.25) is 0 Å². The van der Waals surface area contributed by atoms with Crippen LogP contribution in [0.2, 0.25) is 0 Å². The van der Waals surface area contributed by atoms with E-state index in [4.69, 9.17) is 0 Å². The Morgan fingerprint density at radius 1 is 0.963 bits per heavy atom. The van der Waals surface area contributed by atoms with Crippen LogP contribution in [0.4, 0.5) is 18.9 Å². The van der Waals surface area contributed by atoms with Crippen LogP contribution < -0.4 is 5.32 Å². The molecule has 5 nitrogen and oxygen atoms in total. The monoisotopic (exact) mass is 377 g/mol. The quantitative estimate of drug-likeness (QED) is 0.895. The van der Waals surface area contributed by atoms with Crippen LogP contribution in [-0.4, -0.2) is 54.8 Å². The number of halogens is 3.